The SMILES string of the molecule is Fc1ccc(N2CCC(Cn3ccnn3)CC2)nc1. The largest absolute Gasteiger partial charge is 0.357 e. The molecule has 0 radical (unpaired) electrons. The van der Waals surface area contributed by atoms with Crippen molar-refractivity contribution in [2.75, 3.05) is 18.0 Å². The van der Waals surface area contributed by atoms with E-state index in [0.717, 1.165) is 38.3 Å². The van der Waals surface area contributed by atoms with Gasteiger partial charge in [0.15, 0.2) is 0 Å². The highest BCUT2D eigenvalue weighted by Crippen LogP contribution is 2.22. The highest BCUT2D eigenvalue weighted by molar-refractivity contribution is 5.38. The fourth-order valence-electron chi connectivity index (χ4n) is 2.49. The van der Waals surface area contributed by atoms with Crippen molar-refractivity contribution in [1.82, 2.24) is 20.0 Å². The Morgan fingerprint density at radius 3 is 2.74 bits per heavy atom. The summed E-state index contributed by atoms with van der Waals surface area (Å²) in [4.78, 5) is 6.33. The molecular weight excluding hydrogens is 245 g/mol. The van der Waals surface area contributed by atoms with E-state index in [4.69, 9.17) is 0 Å². The van der Waals surface area contributed by atoms with Crippen LogP contribution in [-0.2, 0) is 6.54 Å². The molecule has 0 atom stereocenters. The first-order valence-corrected chi connectivity index (χ1v) is 6.52. The maximum absolute atomic E-state index is 12.8. The Morgan fingerprint density at radius 1 is 1.26 bits per heavy atom. The van der Waals surface area contributed by atoms with Gasteiger partial charge in [0.1, 0.15) is 11.6 Å². The molecule has 5 nitrogen and oxygen atoms in total. The van der Waals surface area contributed by atoms with Crippen molar-refractivity contribution in [3.05, 3.63) is 36.5 Å². The maximum Gasteiger partial charge on any atom is 0.141 e. The summed E-state index contributed by atoms with van der Waals surface area (Å²) in [5, 5.41) is 7.81. The molecule has 0 aromatic carbocycles. The van der Waals surface area contributed by atoms with Gasteiger partial charge in [0.05, 0.1) is 12.4 Å². The number of nitrogens with zero attached hydrogens (tertiary/aromatic N) is 5. The molecule has 2 aromatic rings. The van der Waals surface area contributed by atoms with Crippen molar-refractivity contribution in [3.63, 3.8) is 0 Å². The number of rotatable bonds is 3. The number of aromatic nitrogens is 4. The lowest BCUT2D eigenvalue weighted by molar-refractivity contribution is 0.338. The lowest BCUT2D eigenvalue weighted by atomic mass is 9.97. The smallest absolute Gasteiger partial charge is 0.141 e. The van der Waals surface area contributed by atoms with Gasteiger partial charge in [0.25, 0.3) is 0 Å². The van der Waals surface area contributed by atoms with Crippen LogP contribution in [0.4, 0.5) is 10.2 Å². The molecule has 1 fully saturated rings. The molecule has 0 aliphatic carbocycles. The Morgan fingerprint density at radius 2 is 2.11 bits per heavy atom. The minimum Gasteiger partial charge on any atom is -0.357 e. The Kier molecular flexibility index (Phi) is 3.39. The molecule has 1 saturated heterocycles. The molecule has 1 aliphatic rings. The van der Waals surface area contributed by atoms with E-state index >= 15 is 0 Å². The fourth-order valence-corrected chi connectivity index (χ4v) is 2.49. The summed E-state index contributed by atoms with van der Waals surface area (Å²) >= 11 is 0. The normalized spacial score (nSPS) is 16.8. The van der Waals surface area contributed by atoms with E-state index in [-0.39, 0.29) is 5.82 Å². The Labute approximate surface area is 111 Å². The topological polar surface area (TPSA) is 46.8 Å². The van der Waals surface area contributed by atoms with Crippen molar-refractivity contribution in [2.24, 2.45) is 5.92 Å². The van der Waals surface area contributed by atoms with Gasteiger partial charge in [-0.3, -0.25) is 4.68 Å². The Balaban J connectivity index is 1.56. The van der Waals surface area contributed by atoms with Gasteiger partial charge in [-0.05, 0) is 30.9 Å². The van der Waals surface area contributed by atoms with Crippen LogP contribution in [0.1, 0.15) is 12.8 Å². The molecule has 1 aliphatic heterocycles. The van der Waals surface area contributed by atoms with Crippen LogP contribution in [0.2, 0.25) is 0 Å². The first kappa shape index (κ1) is 12.1. The van der Waals surface area contributed by atoms with Gasteiger partial charge < -0.3 is 4.90 Å². The second-order valence-corrected chi connectivity index (χ2v) is 4.89. The van der Waals surface area contributed by atoms with Crippen LogP contribution in [0.15, 0.2) is 30.7 Å². The number of hydrogen-bond acceptors (Lipinski definition) is 4. The number of pyridine rings is 1. The second kappa shape index (κ2) is 5.34. The molecule has 0 amide bonds. The predicted molar refractivity (Wildman–Crippen MR) is 69.2 cm³/mol. The molecular formula is C13H16FN5. The molecule has 0 spiro atoms. The first-order valence-electron chi connectivity index (χ1n) is 6.52. The van der Waals surface area contributed by atoms with Gasteiger partial charge in [0.2, 0.25) is 0 Å². The average Bonchev–Trinajstić information content (AvgIpc) is 2.94. The predicted octanol–water partition coefficient (Wildman–Crippen LogP) is 1.73. The van der Waals surface area contributed by atoms with E-state index in [1.807, 2.05) is 10.9 Å². The quantitative estimate of drug-likeness (QED) is 0.844. The van der Waals surface area contributed by atoms with Gasteiger partial charge in [-0.2, -0.15) is 0 Å². The summed E-state index contributed by atoms with van der Waals surface area (Å²) in [6.45, 7) is 2.83. The molecule has 0 unspecified atom stereocenters. The lowest BCUT2D eigenvalue weighted by Gasteiger charge is -2.32. The average molecular weight is 261 g/mol. The summed E-state index contributed by atoms with van der Waals surface area (Å²) < 4.78 is 14.7. The van der Waals surface area contributed by atoms with Crippen molar-refractivity contribution >= 4 is 5.82 Å². The van der Waals surface area contributed by atoms with Crippen molar-refractivity contribution in [3.8, 4) is 0 Å². The monoisotopic (exact) mass is 261 g/mol. The van der Waals surface area contributed by atoms with E-state index in [2.05, 4.69) is 20.2 Å². The van der Waals surface area contributed by atoms with Crippen LogP contribution < -0.4 is 4.90 Å². The number of hydrogen-bond donors (Lipinski definition) is 0. The van der Waals surface area contributed by atoms with Crippen LogP contribution in [0, 0.1) is 11.7 Å². The van der Waals surface area contributed by atoms with Crippen LogP contribution in [0.25, 0.3) is 0 Å². The lowest BCUT2D eigenvalue weighted by Crippen LogP contribution is -2.35. The molecule has 0 saturated carbocycles. The molecule has 19 heavy (non-hydrogen) atoms. The minimum absolute atomic E-state index is 0.287. The molecule has 3 rings (SSSR count). The van der Waals surface area contributed by atoms with Gasteiger partial charge in [-0.25, -0.2) is 9.37 Å². The van der Waals surface area contributed by atoms with E-state index in [0.29, 0.717) is 5.92 Å². The molecule has 100 valence electrons. The number of piperidine rings is 1. The summed E-state index contributed by atoms with van der Waals surface area (Å²) in [6, 6.07) is 3.21. The van der Waals surface area contributed by atoms with Gasteiger partial charge >= 0.3 is 0 Å². The van der Waals surface area contributed by atoms with Gasteiger partial charge in [-0.15, -0.1) is 5.10 Å². The van der Waals surface area contributed by atoms with E-state index in [1.54, 1.807) is 12.3 Å². The molecule has 0 N–H and O–H groups in total. The van der Waals surface area contributed by atoms with Crippen LogP contribution in [0.3, 0.4) is 0 Å². The van der Waals surface area contributed by atoms with Crippen molar-refractivity contribution < 1.29 is 4.39 Å². The zero-order valence-corrected chi connectivity index (χ0v) is 10.6. The fraction of sp³-hybridized carbons (Fsp3) is 0.462. The Hall–Kier alpha value is -1.98. The molecule has 2 aromatic heterocycles. The highest BCUT2D eigenvalue weighted by Gasteiger charge is 2.20. The summed E-state index contributed by atoms with van der Waals surface area (Å²) in [7, 11) is 0. The maximum atomic E-state index is 12.8. The minimum atomic E-state index is -0.287. The zero-order valence-electron chi connectivity index (χ0n) is 10.6. The third-order valence-electron chi connectivity index (χ3n) is 3.57. The highest BCUT2D eigenvalue weighted by atomic mass is 19.1. The molecule has 0 bridgehead atoms. The third-order valence-corrected chi connectivity index (χ3v) is 3.57. The second-order valence-electron chi connectivity index (χ2n) is 4.89. The summed E-state index contributed by atoms with van der Waals surface area (Å²) in [5.74, 6) is 1.20. The van der Waals surface area contributed by atoms with Crippen LogP contribution >= 0.6 is 0 Å². The van der Waals surface area contributed by atoms with E-state index < -0.39 is 0 Å². The zero-order chi connectivity index (χ0) is 13.1. The molecule has 3 heterocycles. The van der Waals surface area contributed by atoms with E-state index in [1.165, 1.54) is 12.3 Å². The van der Waals surface area contributed by atoms with Gasteiger partial charge in [-0.1, -0.05) is 5.21 Å². The Bertz CT molecular complexity index is 502. The van der Waals surface area contributed by atoms with Gasteiger partial charge in [0, 0.05) is 25.8 Å². The summed E-state index contributed by atoms with van der Waals surface area (Å²) in [5.41, 5.74) is 0. The first-order chi connectivity index (χ1) is 9.31. The number of halogens is 1. The van der Waals surface area contributed by atoms with Crippen LogP contribution in [-0.4, -0.2) is 33.1 Å². The van der Waals surface area contributed by atoms with Crippen molar-refractivity contribution in [2.45, 2.75) is 19.4 Å². The van der Waals surface area contributed by atoms with E-state index in [9.17, 15) is 4.39 Å². The number of anilines is 1. The van der Waals surface area contributed by atoms with Crippen LogP contribution in [0.5, 0.6) is 0 Å². The molecule has 6 heteroatoms. The van der Waals surface area contributed by atoms with Crippen molar-refractivity contribution in [1.29, 1.82) is 0 Å². The third kappa shape index (κ3) is 2.89. The standard InChI is InChI=1S/C13H16FN5/c14-12-1-2-13(15-9-12)18-6-3-11(4-7-18)10-19-8-5-16-17-19/h1-2,5,8-9,11H,3-4,6-7,10H2. The summed E-state index contributed by atoms with van der Waals surface area (Å²) in [6.07, 6.45) is 7.07.